The highest BCUT2D eigenvalue weighted by molar-refractivity contribution is 5.99. The quantitative estimate of drug-likeness (QED) is 0.214. The van der Waals surface area contributed by atoms with Gasteiger partial charge < -0.3 is 44.1 Å². The van der Waals surface area contributed by atoms with Gasteiger partial charge >= 0.3 is 0 Å². The number of rotatable bonds is 5. The van der Waals surface area contributed by atoms with Crippen LogP contribution in [0.2, 0.25) is 0 Å². The number of non-ortho nitro benzene ring substituents is 2. The average molecular weight is 671 g/mol. The van der Waals surface area contributed by atoms with Gasteiger partial charge in [-0.3, -0.25) is 25.0 Å². The van der Waals surface area contributed by atoms with E-state index in [1.54, 1.807) is 24.7 Å². The number of aromatic carboxylic acids is 1. The van der Waals surface area contributed by atoms with E-state index in [-0.39, 0.29) is 23.5 Å². The van der Waals surface area contributed by atoms with Crippen LogP contribution in [-0.4, -0.2) is 98.3 Å². The zero-order valence-corrected chi connectivity index (χ0v) is 26.9. The van der Waals surface area contributed by atoms with Gasteiger partial charge in [-0.1, -0.05) is 6.08 Å². The number of amides is 1. The van der Waals surface area contributed by atoms with Gasteiger partial charge in [-0.15, -0.1) is 0 Å². The molecule has 2 bridgehead atoms. The number of anilines is 1. The number of aliphatic hydroxyl groups excluding tert-OH is 2. The van der Waals surface area contributed by atoms with E-state index in [9.17, 15) is 34.9 Å². The highest BCUT2D eigenvalue weighted by Crippen LogP contribution is 2.63. The SMILES string of the molecule is CO.CO.COc1cc2c(cc1OC)[C@@]13CC[NH+]4CC5=CCO[C@H]6CC(=O)N2[C@H]1[C@H]6[C@H]5C[C@H]43.O=C([O-])c1cc([N+](=O)[O-])cc([N+](=O)[O-])c1. The molecule has 3 N–H and O–H groups in total. The van der Waals surface area contributed by atoms with Crippen molar-refractivity contribution in [3.8, 4) is 11.5 Å². The third-order valence-electron chi connectivity index (χ3n) is 10.6. The molecule has 2 aromatic rings. The first kappa shape index (κ1) is 34.7. The number of aliphatic hydroxyl groups is 2. The molecular weight excluding hydrogens is 632 g/mol. The van der Waals surface area contributed by atoms with Gasteiger partial charge in [-0.25, -0.2) is 0 Å². The van der Waals surface area contributed by atoms with E-state index in [0.717, 1.165) is 38.6 Å². The van der Waals surface area contributed by atoms with Gasteiger partial charge in [0.25, 0.3) is 11.4 Å². The number of benzene rings is 2. The van der Waals surface area contributed by atoms with Gasteiger partial charge in [0.1, 0.15) is 6.04 Å². The Morgan fingerprint density at radius 1 is 1.02 bits per heavy atom. The van der Waals surface area contributed by atoms with Crippen LogP contribution >= 0.6 is 0 Å². The first-order valence-corrected chi connectivity index (χ1v) is 15.4. The number of carbonyl (C=O) groups excluding carboxylic acids is 2. The molecule has 1 saturated carbocycles. The Morgan fingerprint density at radius 3 is 2.23 bits per heavy atom. The van der Waals surface area contributed by atoms with E-state index in [0.29, 0.717) is 54.9 Å². The number of nitro groups is 2. The molecule has 16 nitrogen and oxygen atoms in total. The molecule has 48 heavy (non-hydrogen) atoms. The molecule has 6 aliphatic rings. The third kappa shape index (κ3) is 5.24. The summed E-state index contributed by atoms with van der Waals surface area (Å²) in [5.74, 6) is 0.927. The summed E-state index contributed by atoms with van der Waals surface area (Å²) in [6.45, 7) is 2.98. The number of carboxylic acids is 1. The Bertz CT molecular complexity index is 1580. The van der Waals surface area contributed by atoms with Gasteiger partial charge in [-0.05, 0) is 23.1 Å². The van der Waals surface area contributed by atoms with Gasteiger partial charge in [0.15, 0.2) is 11.5 Å². The maximum atomic E-state index is 13.5. The van der Waals surface area contributed by atoms with E-state index in [1.165, 1.54) is 18.5 Å². The van der Waals surface area contributed by atoms with Crippen molar-refractivity contribution in [3.63, 3.8) is 0 Å². The van der Waals surface area contributed by atoms with Crippen molar-refractivity contribution < 1.29 is 53.9 Å². The fourth-order valence-corrected chi connectivity index (χ4v) is 9.02. The molecule has 1 unspecified atom stereocenters. The number of carboxylic acid groups (broad SMARTS) is 1. The number of carbonyl (C=O) groups is 2. The zero-order valence-electron chi connectivity index (χ0n) is 26.9. The molecule has 0 radical (unpaired) electrons. The number of hydrogen-bond acceptors (Lipinski definition) is 12. The van der Waals surface area contributed by atoms with Crippen molar-refractivity contribution in [1.29, 1.82) is 0 Å². The molecule has 1 spiro atoms. The van der Waals surface area contributed by atoms with Crippen molar-refractivity contribution in [2.45, 2.75) is 42.9 Å². The van der Waals surface area contributed by atoms with Crippen LogP contribution in [0.5, 0.6) is 11.5 Å². The largest absolute Gasteiger partial charge is 0.545 e. The Balaban J connectivity index is 0.000000203. The number of hydrogen-bond donors (Lipinski definition) is 3. The topological polar surface area (TPSA) is 219 Å². The summed E-state index contributed by atoms with van der Waals surface area (Å²) in [6, 6.07) is 7.06. The van der Waals surface area contributed by atoms with Crippen LogP contribution in [0.4, 0.5) is 17.1 Å². The maximum absolute atomic E-state index is 13.5. The predicted octanol–water partition coefficient (Wildman–Crippen LogP) is -0.224. The molecule has 3 saturated heterocycles. The number of fused-ring (bicyclic) bond motifs is 2. The lowest BCUT2D eigenvalue weighted by molar-refractivity contribution is -0.916. The van der Waals surface area contributed by atoms with Crippen molar-refractivity contribution in [3.05, 3.63) is 73.3 Å². The number of nitrogens with one attached hydrogen (secondary N) is 1. The lowest BCUT2D eigenvalue weighted by Crippen LogP contribution is -3.16. The van der Waals surface area contributed by atoms with Crippen molar-refractivity contribution in [2.24, 2.45) is 11.8 Å². The highest BCUT2D eigenvalue weighted by atomic mass is 16.6. The molecule has 2 aromatic carbocycles. The second-order valence-corrected chi connectivity index (χ2v) is 12.2. The Morgan fingerprint density at radius 2 is 1.65 bits per heavy atom. The predicted molar refractivity (Wildman–Crippen MR) is 166 cm³/mol. The molecule has 5 aliphatic heterocycles. The molecule has 8 rings (SSSR count). The van der Waals surface area contributed by atoms with E-state index < -0.39 is 32.8 Å². The highest BCUT2D eigenvalue weighted by Gasteiger charge is 2.73. The van der Waals surface area contributed by atoms with Crippen LogP contribution < -0.4 is 24.4 Å². The van der Waals surface area contributed by atoms with Gasteiger partial charge in [0, 0.05) is 56.7 Å². The number of nitro benzene ring substituents is 2. The Kier molecular flexibility index (Phi) is 9.73. The molecule has 7 atom stereocenters. The molecule has 1 amide bonds. The lowest BCUT2D eigenvalue weighted by Gasteiger charge is -2.56. The summed E-state index contributed by atoms with van der Waals surface area (Å²) in [6.07, 6.45) is 5.22. The summed E-state index contributed by atoms with van der Waals surface area (Å²) < 4.78 is 17.6. The summed E-state index contributed by atoms with van der Waals surface area (Å²) in [7, 11) is 5.37. The van der Waals surface area contributed by atoms with Crippen LogP contribution in [0.25, 0.3) is 0 Å². The first-order chi connectivity index (χ1) is 23.1. The fourth-order valence-electron chi connectivity index (χ4n) is 9.02. The second kappa shape index (κ2) is 13.5. The molecule has 0 aromatic heterocycles. The van der Waals surface area contributed by atoms with E-state index in [4.69, 9.17) is 24.4 Å². The second-order valence-electron chi connectivity index (χ2n) is 12.2. The minimum Gasteiger partial charge on any atom is -0.545 e. The molecule has 1 aliphatic carbocycles. The van der Waals surface area contributed by atoms with Gasteiger partial charge in [-0.2, -0.15) is 0 Å². The number of ether oxygens (including phenoxy) is 3. The standard InChI is InChI=1S/C23H26N2O4.C7H4N2O6.2CH4O/c1-27-16-8-14-15(9-17(16)28-2)25-20(26)10-18-21-13-7-19-23(14,22(21)25)4-5-24(19)11-12(13)3-6-29-18;10-7(11)4-1-5(8(12)13)3-6(2-4)9(14)15;2*1-2/h3,8-9,13,18-19,21-22H,4-7,10-11H2,1-2H3;1-3H,(H,10,11);2*2H,1H3/t13-,18-,19-,21-,22-,23+;;;/m0.../s1. The monoisotopic (exact) mass is 670 g/mol. The van der Waals surface area contributed by atoms with Crippen LogP contribution in [0.15, 0.2) is 42.0 Å². The molecule has 16 heteroatoms. The summed E-state index contributed by atoms with van der Waals surface area (Å²) in [4.78, 5) is 46.5. The maximum Gasteiger partial charge on any atom is 0.276 e. The Hall–Kier alpha value is -4.64. The van der Waals surface area contributed by atoms with Crippen molar-refractivity contribution >= 4 is 28.9 Å². The third-order valence-corrected chi connectivity index (χ3v) is 10.6. The van der Waals surface area contributed by atoms with E-state index in [1.807, 2.05) is 0 Å². The number of methoxy groups -OCH3 is 2. The molecular formula is C32H38N4O12. The lowest BCUT2D eigenvalue weighted by atomic mass is 9.53. The van der Waals surface area contributed by atoms with Gasteiger partial charge in [0.05, 0.1) is 85.5 Å². The first-order valence-electron chi connectivity index (χ1n) is 15.4. The van der Waals surface area contributed by atoms with E-state index >= 15 is 0 Å². The Labute approximate surface area is 275 Å². The summed E-state index contributed by atoms with van der Waals surface area (Å²) >= 11 is 0. The van der Waals surface area contributed by atoms with Crippen molar-refractivity contribution in [1.82, 2.24) is 0 Å². The number of nitrogens with zero attached hydrogens (tertiary/aromatic N) is 3. The van der Waals surface area contributed by atoms with Gasteiger partial charge in [0.2, 0.25) is 5.91 Å². The number of piperidine rings is 2. The van der Waals surface area contributed by atoms with Crippen LogP contribution in [0.1, 0.15) is 35.2 Å². The van der Waals surface area contributed by atoms with Crippen LogP contribution in [-0.2, 0) is 14.9 Å². The van der Waals surface area contributed by atoms with Crippen LogP contribution in [0, 0.1) is 32.1 Å². The van der Waals surface area contributed by atoms with E-state index in [2.05, 4.69) is 23.1 Å². The fraction of sp³-hybridized carbons (Fsp3) is 0.500. The zero-order chi connectivity index (χ0) is 35.1. The minimum absolute atomic E-state index is 0.0128. The summed E-state index contributed by atoms with van der Waals surface area (Å²) in [5.41, 5.74) is 2.03. The normalized spacial score (nSPS) is 29.2. The van der Waals surface area contributed by atoms with Crippen molar-refractivity contribution in [2.75, 3.05) is 53.0 Å². The molecule has 4 fully saturated rings. The number of quaternary nitrogens is 1. The van der Waals surface area contributed by atoms with Crippen LogP contribution in [0.3, 0.4) is 0 Å². The smallest absolute Gasteiger partial charge is 0.276 e. The average Bonchev–Trinajstić information content (AvgIpc) is 3.57. The molecule has 5 heterocycles. The summed E-state index contributed by atoms with van der Waals surface area (Å²) in [5, 5.41) is 45.0. The minimum atomic E-state index is -1.71. The molecule has 258 valence electrons.